The summed E-state index contributed by atoms with van der Waals surface area (Å²) in [6.45, 7) is 4.31. The topological polar surface area (TPSA) is 97.4 Å². The Kier molecular flexibility index (Phi) is 6.24. The van der Waals surface area contributed by atoms with Crippen molar-refractivity contribution >= 4 is 15.9 Å². The highest BCUT2D eigenvalue weighted by Gasteiger charge is 2.35. The number of hydrogen-bond donors (Lipinski definition) is 1. The molecule has 28 heavy (non-hydrogen) atoms. The van der Waals surface area contributed by atoms with E-state index in [2.05, 4.69) is 10.4 Å². The quantitative estimate of drug-likeness (QED) is 0.754. The Morgan fingerprint density at radius 2 is 2.25 bits per heavy atom. The van der Waals surface area contributed by atoms with Gasteiger partial charge < -0.3 is 9.73 Å². The van der Waals surface area contributed by atoms with E-state index < -0.39 is 10.0 Å². The summed E-state index contributed by atoms with van der Waals surface area (Å²) in [6.07, 6.45) is 5.89. The van der Waals surface area contributed by atoms with E-state index in [1.54, 1.807) is 24.9 Å². The predicted octanol–water partition coefficient (Wildman–Crippen LogP) is 1.86. The zero-order valence-electron chi connectivity index (χ0n) is 16.6. The maximum Gasteiger partial charge on any atom is 0.246 e. The highest BCUT2D eigenvalue weighted by molar-refractivity contribution is 7.89. The molecule has 3 rings (SSSR count). The van der Waals surface area contributed by atoms with Crippen molar-refractivity contribution in [2.75, 3.05) is 13.1 Å². The summed E-state index contributed by atoms with van der Waals surface area (Å²) in [7, 11) is -1.94. The van der Waals surface area contributed by atoms with Gasteiger partial charge in [-0.15, -0.1) is 0 Å². The smallest absolute Gasteiger partial charge is 0.246 e. The molecule has 1 fully saturated rings. The van der Waals surface area contributed by atoms with Gasteiger partial charge >= 0.3 is 0 Å². The number of amides is 1. The Balaban J connectivity index is 1.59. The average Bonchev–Trinajstić information content (AvgIpc) is 3.31. The van der Waals surface area contributed by atoms with Crippen molar-refractivity contribution < 1.29 is 17.6 Å². The molecule has 1 amide bonds. The summed E-state index contributed by atoms with van der Waals surface area (Å²) in [5.41, 5.74) is 0.595. The summed E-state index contributed by atoms with van der Waals surface area (Å²) in [5.74, 6) is 0.462. The molecule has 0 spiro atoms. The molecular formula is C19H28N4O4S. The van der Waals surface area contributed by atoms with Gasteiger partial charge in [-0.25, -0.2) is 8.42 Å². The van der Waals surface area contributed by atoms with Crippen molar-refractivity contribution in [1.29, 1.82) is 0 Å². The number of aryl methyl sites for hydroxylation is 2. The fraction of sp³-hybridized carbons (Fsp3) is 0.579. The maximum atomic E-state index is 13.0. The van der Waals surface area contributed by atoms with Crippen LogP contribution >= 0.6 is 0 Å². The number of carbonyl (C=O) groups is 1. The van der Waals surface area contributed by atoms with Gasteiger partial charge in [0.15, 0.2) is 0 Å². The van der Waals surface area contributed by atoms with Gasteiger partial charge in [-0.05, 0) is 45.2 Å². The van der Waals surface area contributed by atoms with Crippen LogP contribution in [0.4, 0.5) is 0 Å². The van der Waals surface area contributed by atoms with Crippen molar-refractivity contribution in [2.45, 2.75) is 50.5 Å². The fourth-order valence-electron chi connectivity index (χ4n) is 3.49. The van der Waals surface area contributed by atoms with Crippen LogP contribution in [0.1, 0.15) is 37.6 Å². The first-order chi connectivity index (χ1) is 13.3. The van der Waals surface area contributed by atoms with E-state index in [0.717, 1.165) is 18.6 Å². The Morgan fingerprint density at radius 3 is 2.89 bits per heavy atom. The van der Waals surface area contributed by atoms with Crippen LogP contribution in [0.15, 0.2) is 33.9 Å². The molecule has 8 nitrogen and oxygen atoms in total. The molecule has 1 N–H and O–H groups in total. The first kappa shape index (κ1) is 20.6. The lowest BCUT2D eigenvalue weighted by molar-refractivity contribution is -0.126. The largest absolute Gasteiger partial charge is 0.469 e. The molecule has 0 aromatic carbocycles. The van der Waals surface area contributed by atoms with E-state index in [0.29, 0.717) is 25.1 Å². The molecule has 0 saturated carbocycles. The summed E-state index contributed by atoms with van der Waals surface area (Å²) in [6, 6.07) is 3.75. The lowest BCUT2D eigenvalue weighted by atomic mass is 9.98. The Morgan fingerprint density at radius 1 is 1.46 bits per heavy atom. The number of rotatable bonds is 7. The van der Waals surface area contributed by atoms with Crippen LogP contribution < -0.4 is 5.32 Å². The van der Waals surface area contributed by atoms with Crippen molar-refractivity contribution in [2.24, 2.45) is 13.0 Å². The molecule has 1 saturated heterocycles. The van der Waals surface area contributed by atoms with E-state index in [9.17, 15) is 13.2 Å². The standard InChI is InChI=1S/C19H28N4O4S/c1-14(8-9-17-7-5-11-27-17)21-19(24)16-6-4-10-23(13-16)28(25,26)18-12-20-22(3)15(18)2/h5,7,11-12,14,16H,4,6,8-10,13H2,1-3H3,(H,21,24)/t14-,16-/m0/s1. The van der Waals surface area contributed by atoms with Crippen molar-refractivity contribution in [3.05, 3.63) is 36.0 Å². The van der Waals surface area contributed by atoms with E-state index in [1.807, 2.05) is 19.1 Å². The van der Waals surface area contributed by atoms with Gasteiger partial charge in [0.2, 0.25) is 15.9 Å². The first-order valence-electron chi connectivity index (χ1n) is 9.60. The minimum Gasteiger partial charge on any atom is -0.469 e. The first-order valence-corrected chi connectivity index (χ1v) is 11.0. The van der Waals surface area contributed by atoms with Gasteiger partial charge in [-0.1, -0.05) is 0 Å². The molecule has 9 heteroatoms. The molecule has 154 valence electrons. The van der Waals surface area contributed by atoms with Crippen LogP contribution in [0.2, 0.25) is 0 Å². The van der Waals surface area contributed by atoms with Gasteiger partial charge in [0.1, 0.15) is 10.7 Å². The van der Waals surface area contributed by atoms with Gasteiger partial charge in [0, 0.05) is 32.6 Å². The van der Waals surface area contributed by atoms with Crippen LogP contribution in [0, 0.1) is 12.8 Å². The number of furan rings is 1. The third-order valence-corrected chi connectivity index (χ3v) is 7.32. The van der Waals surface area contributed by atoms with E-state index >= 15 is 0 Å². The molecule has 2 atom stereocenters. The summed E-state index contributed by atoms with van der Waals surface area (Å²) >= 11 is 0. The number of carbonyl (C=O) groups excluding carboxylic acids is 1. The van der Waals surface area contributed by atoms with Crippen LogP contribution in [-0.2, 0) is 28.3 Å². The number of hydrogen-bond acceptors (Lipinski definition) is 5. The molecule has 0 radical (unpaired) electrons. The van der Waals surface area contributed by atoms with Crippen LogP contribution in [0.25, 0.3) is 0 Å². The van der Waals surface area contributed by atoms with E-state index in [4.69, 9.17) is 4.42 Å². The molecular weight excluding hydrogens is 380 g/mol. The molecule has 1 aliphatic rings. The average molecular weight is 409 g/mol. The van der Waals surface area contributed by atoms with Crippen LogP contribution in [-0.4, -0.2) is 47.5 Å². The van der Waals surface area contributed by atoms with Crippen molar-refractivity contribution in [1.82, 2.24) is 19.4 Å². The van der Waals surface area contributed by atoms with Gasteiger partial charge in [-0.3, -0.25) is 9.48 Å². The molecule has 2 aromatic rings. The highest BCUT2D eigenvalue weighted by atomic mass is 32.2. The molecule has 0 aliphatic carbocycles. The zero-order chi connectivity index (χ0) is 20.3. The Bertz CT molecular complexity index is 905. The minimum atomic E-state index is -3.65. The fourth-order valence-corrected chi connectivity index (χ4v) is 5.20. The van der Waals surface area contributed by atoms with Crippen molar-refractivity contribution in [3.63, 3.8) is 0 Å². The normalized spacial score (nSPS) is 19.5. The van der Waals surface area contributed by atoms with Gasteiger partial charge in [0.05, 0.1) is 24.1 Å². The Labute approximate surface area is 165 Å². The van der Waals surface area contributed by atoms with E-state index in [1.165, 1.54) is 10.5 Å². The third kappa shape index (κ3) is 4.47. The molecule has 1 aliphatic heterocycles. The molecule has 2 aromatic heterocycles. The lowest BCUT2D eigenvalue weighted by Gasteiger charge is -2.31. The van der Waals surface area contributed by atoms with Crippen LogP contribution in [0.3, 0.4) is 0 Å². The predicted molar refractivity (Wildman–Crippen MR) is 104 cm³/mol. The third-order valence-electron chi connectivity index (χ3n) is 5.36. The summed E-state index contributed by atoms with van der Waals surface area (Å²) in [5, 5.41) is 7.06. The summed E-state index contributed by atoms with van der Waals surface area (Å²) in [4.78, 5) is 12.9. The molecule has 3 heterocycles. The number of sulfonamides is 1. The van der Waals surface area contributed by atoms with Gasteiger partial charge in [-0.2, -0.15) is 9.40 Å². The summed E-state index contributed by atoms with van der Waals surface area (Å²) < 4.78 is 34.2. The monoisotopic (exact) mass is 408 g/mol. The van der Waals surface area contributed by atoms with Gasteiger partial charge in [0.25, 0.3) is 0 Å². The molecule has 0 bridgehead atoms. The minimum absolute atomic E-state index is 0.00912. The second-order valence-electron chi connectivity index (χ2n) is 7.45. The second-order valence-corrected chi connectivity index (χ2v) is 9.35. The second kappa shape index (κ2) is 8.48. The van der Waals surface area contributed by atoms with E-state index in [-0.39, 0.29) is 29.3 Å². The zero-order valence-corrected chi connectivity index (χ0v) is 17.4. The lowest BCUT2D eigenvalue weighted by Crippen LogP contribution is -2.47. The number of nitrogens with one attached hydrogen (secondary N) is 1. The number of aromatic nitrogens is 2. The Hall–Kier alpha value is -2.13. The SMILES string of the molecule is Cc1c(S(=O)(=O)N2CCC[C@H](C(=O)N[C@@H](C)CCc3ccco3)C2)cnn1C. The molecule has 0 unspecified atom stereocenters. The highest BCUT2D eigenvalue weighted by Crippen LogP contribution is 2.25. The maximum absolute atomic E-state index is 13.0. The number of nitrogens with zero attached hydrogens (tertiary/aromatic N) is 3. The van der Waals surface area contributed by atoms with Crippen molar-refractivity contribution in [3.8, 4) is 0 Å². The number of piperidine rings is 1. The van der Waals surface area contributed by atoms with Crippen LogP contribution in [0.5, 0.6) is 0 Å².